The number of ether oxygens (including phenoxy) is 4. The number of hydrogen-bond donors (Lipinski definition) is 1. The largest absolute Gasteiger partial charge is 0.468 e. The Morgan fingerprint density at radius 2 is 1.40 bits per heavy atom. The summed E-state index contributed by atoms with van der Waals surface area (Å²) in [5, 5.41) is 0. The molecule has 0 fully saturated rings. The molecule has 0 aliphatic heterocycles. The molecule has 2 atom stereocenters. The van der Waals surface area contributed by atoms with Crippen molar-refractivity contribution in [1.82, 2.24) is 0 Å². The van der Waals surface area contributed by atoms with Crippen LogP contribution in [0.2, 0.25) is 0 Å². The van der Waals surface area contributed by atoms with E-state index in [0.717, 1.165) is 0 Å². The molecule has 1 rings (SSSR count). The highest BCUT2D eigenvalue weighted by atomic mass is 16.6. The van der Waals surface area contributed by atoms with E-state index >= 15 is 0 Å². The minimum absolute atomic E-state index is 0.00326. The van der Waals surface area contributed by atoms with Crippen LogP contribution in [0.25, 0.3) is 0 Å². The Bertz CT molecular complexity index is 942. The normalized spacial score (nSPS) is 14.3. The molecule has 0 radical (unpaired) electrons. The Kier molecular flexibility index (Phi) is 10.0. The Morgan fingerprint density at radius 3 is 1.86 bits per heavy atom. The van der Waals surface area contributed by atoms with Gasteiger partial charge >= 0.3 is 23.9 Å². The van der Waals surface area contributed by atoms with Crippen molar-refractivity contribution in [2.45, 2.75) is 86.3 Å². The molecule has 0 saturated heterocycles. The topological polar surface area (TPSA) is 131 Å². The minimum Gasteiger partial charge on any atom is -0.468 e. The fourth-order valence-electron chi connectivity index (χ4n) is 2.99. The number of benzene rings is 1. The van der Waals surface area contributed by atoms with Crippen LogP contribution < -0.4 is 15.2 Å². The first-order chi connectivity index (χ1) is 15.9. The van der Waals surface area contributed by atoms with Gasteiger partial charge in [-0.15, -0.1) is 0 Å². The van der Waals surface area contributed by atoms with Crippen molar-refractivity contribution in [2.24, 2.45) is 16.6 Å². The summed E-state index contributed by atoms with van der Waals surface area (Å²) in [5.74, 6) is -2.04. The van der Waals surface area contributed by atoms with E-state index in [-0.39, 0.29) is 30.8 Å². The average Bonchev–Trinajstić information content (AvgIpc) is 2.72. The predicted octanol–water partition coefficient (Wildman–Crippen LogP) is 3.73. The third kappa shape index (κ3) is 8.98. The summed E-state index contributed by atoms with van der Waals surface area (Å²) >= 11 is 0. The minimum atomic E-state index is -1.53. The van der Waals surface area contributed by atoms with Crippen LogP contribution in [0.4, 0.5) is 0 Å². The average molecular weight is 494 g/mol. The third-order valence-corrected chi connectivity index (χ3v) is 5.02. The molecule has 9 nitrogen and oxygen atoms in total. The van der Waals surface area contributed by atoms with Crippen LogP contribution in [0.3, 0.4) is 0 Å². The van der Waals surface area contributed by atoms with E-state index < -0.39 is 46.4 Å². The summed E-state index contributed by atoms with van der Waals surface area (Å²) in [6, 6.07) is 4.61. The summed E-state index contributed by atoms with van der Waals surface area (Å²) in [6.07, 6.45) is -0.459. The molecule has 9 heteroatoms. The Labute approximate surface area is 207 Å². The molecular formula is C26H39NO8. The first-order valence-electron chi connectivity index (χ1n) is 11.6. The fourth-order valence-corrected chi connectivity index (χ4v) is 2.99. The molecule has 0 spiro atoms. The standard InChI is InChI=1S/C26H39NO8/c1-10-20(28)33-16(2)14-26(27,23(31)32-9)15-17-11-12-18(34-21(29)24(3,4)5)19(13-17)35-22(30)25(6,7)8/h11-13,16H,10,14-15,27H2,1-9H3/t16-,26?/m0/s1. The molecule has 0 amide bonds. The van der Waals surface area contributed by atoms with E-state index in [9.17, 15) is 19.2 Å². The van der Waals surface area contributed by atoms with Gasteiger partial charge in [-0.2, -0.15) is 0 Å². The Hall–Kier alpha value is -2.94. The highest BCUT2D eigenvalue weighted by molar-refractivity contribution is 5.82. The van der Waals surface area contributed by atoms with Crippen molar-refractivity contribution < 1.29 is 38.1 Å². The van der Waals surface area contributed by atoms with Crippen LogP contribution in [0.5, 0.6) is 11.5 Å². The van der Waals surface area contributed by atoms with Crippen molar-refractivity contribution in [3.63, 3.8) is 0 Å². The van der Waals surface area contributed by atoms with Crippen LogP contribution >= 0.6 is 0 Å². The summed E-state index contributed by atoms with van der Waals surface area (Å²) < 4.78 is 21.3. The second kappa shape index (κ2) is 11.7. The van der Waals surface area contributed by atoms with Gasteiger partial charge in [-0.1, -0.05) is 13.0 Å². The first kappa shape index (κ1) is 30.1. The monoisotopic (exact) mass is 493 g/mol. The molecule has 2 N–H and O–H groups in total. The smallest absolute Gasteiger partial charge is 0.326 e. The van der Waals surface area contributed by atoms with Gasteiger partial charge in [0.2, 0.25) is 0 Å². The van der Waals surface area contributed by atoms with Crippen molar-refractivity contribution >= 4 is 23.9 Å². The van der Waals surface area contributed by atoms with E-state index in [0.29, 0.717) is 5.56 Å². The van der Waals surface area contributed by atoms with E-state index in [4.69, 9.17) is 24.7 Å². The number of carbonyl (C=O) groups excluding carboxylic acids is 4. The zero-order chi connectivity index (χ0) is 27.2. The van der Waals surface area contributed by atoms with Gasteiger partial charge < -0.3 is 24.7 Å². The number of esters is 4. The summed E-state index contributed by atoms with van der Waals surface area (Å²) in [7, 11) is 1.22. The van der Waals surface area contributed by atoms with Gasteiger partial charge in [0.1, 0.15) is 11.6 Å². The van der Waals surface area contributed by atoms with Crippen LogP contribution in [0.1, 0.15) is 73.8 Å². The van der Waals surface area contributed by atoms with Crippen LogP contribution in [0.15, 0.2) is 18.2 Å². The highest BCUT2D eigenvalue weighted by Crippen LogP contribution is 2.34. The third-order valence-electron chi connectivity index (χ3n) is 5.02. The Morgan fingerprint density at radius 1 is 0.886 bits per heavy atom. The lowest BCUT2D eigenvalue weighted by atomic mass is 9.86. The van der Waals surface area contributed by atoms with Crippen LogP contribution in [-0.2, 0) is 35.1 Å². The van der Waals surface area contributed by atoms with Crippen molar-refractivity contribution in [2.75, 3.05) is 7.11 Å². The van der Waals surface area contributed by atoms with Crippen LogP contribution in [-0.4, -0.2) is 42.6 Å². The number of rotatable bonds is 9. The van der Waals surface area contributed by atoms with Gasteiger partial charge in [-0.25, -0.2) is 0 Å². The maximum absolute atomic E-state index is 12.6. The zero-order valence-electron chi connectivity index (χ0n) is 22.3. The van der Waals surface area contributed by atoms with Gasteiger partial charge in [-0.3, -0.25) is 19.2 Å². The zero-order valence-corrected chi connectivity index (χ0v) is 22.3. The number of hydrogen-bond acceptors (Lipinski definition) is 9. The van der Waals surface area contributed by atoms with Gasteiger partial charge in [0.05, 0.1) is 17.9 Å². The summed E-state index contributed by atoms with van der Waals surface area (Å²) in [5.41, 5.74) is 3.84. The molecule has 0 aliphatic carbocycles. The number of carbonyl (C=O) groups is 4. The molecule has 1 unspecified atom stereocenters. The molecular weight excluding hydrogens is 454 g/mol. The second-order valence-corrected chi connectivity index (χ2v) is 10.7. The summed E-state index contributed by atoms with van der Waals surface area (Å²) in [4.78, 5) is 49.3. The van der Waals surface area contributed by atoms with Crippen molar-refractivity contribution in [3.8, 4) is 11.5 Å². The lowest BCUT2D eigenvalue weighted by Gasteiger charge is -2.29. The molecule has 0 aromatic heterocycles. The molecule has 0 saturated carbocycles. The van der Waals surface area contributed by atoms with Gasteiger partial charge in [0.25, 0.3) is 0 Å². The van der Waals surface area contributed by atoms with E-state index in [1.807, 2.05) is 0 Å². The highest BCUT2D eigenvalue weighted by Gasteiger charge is 2.38. The maximum atomic E-state index is 12.6. The molecule has 1 aromatic carbocycles. The summed E-state index contributed by atoms with van der Waals surface area (Å²) in [6.45, 7) is 13.5. The van der Waals surface area contributed by atoms with E-state index in [1.165, 1.54) is 19.2 Å². The second-order valence-electron chi connectivity index (χ2n) is 10.7. The van der Waals surface area contributed by atoms with Crippen molar-refractivity contribution in [1.29, 1.82) is 0 Å². The van der Waals surface area contributed by atoms with Gasteiger partial charge in [0.15, 0.2) is 11.5 Å². The number of nitrogens with two attached hydrogens (primary N) is 1. The molecule has 0 aliphatic rings. The fraction of sp³-hybridized carbons (Fsp3) is 0.615. The lowest BCUT2D eigenvalue weighted by molar-refractivity contribution is -0.154. The SMILES string of the molecule is CCC(=O)O[C@@H](C)CC(N)(Cc1ccc(OC(=O)C(C)(C)C)c(OC(=O)C(C)(C)C)c1)C(=O)OC. The van der Waals surface area contributed by atoms with Crippen molar-refractivity contribution in [3.05, 3.63) is 23.8 Å². The molecule has 0 bridgehead atoms. The molecule has 1 aromatic rings. The molecule has 0 heterocycles. The Balaban J connectivity index is 3.37. The number of methoxy groups -OCH3 is 1. The molecule has 35 heavy (non-hydrogen) atoms. The van der Waals surface area contributed by atoms with Crippen LogP contribution in [0, 0.1) is 10.8 Å². The quantitative estimate of drug-likeness (QED) is 0.404. The van der Waals surface area contributed by atoms with Gasteiger partial charge in [0, 0.05) is 19.3 Å². The van der Waals surface area contributed by atoms with E-state index in [1.54, 1.807) is 61.5 Å². The maximum Gasteiger partial charge on any atom is 0.326 e. The van der Waals surface area contributed by atoms with Gasteiger partial charge in [-0.05, 0) is 66.2 Å². The molecule has 196 valence electrons. The van der Waals surface area contributed by atoms with E-state index in [2.05, 4.69) is 0 Å². The first-order valence-corrected chi connectivity index (χ1v) is 11.6. The lowest BCUT2D eigenvalue weighted by Crippen LogP contribution is -2.53. The predicted molar refractivity (Wildman–Crippen MR) is 130 cm³/mol.